The van der Waals surface area contributed by atoms with Gasteiger partial charge in [-0.2, -0.15) is 5.26 Å². The molecule has 6 heteroatoms. The predicted molar refractivity (Wildman–Crippen MR) is 92.0 cm³/mol. The monoisotopic (exact) mass is 332 g/mol. The maximum absolute atomic E-state index is 13.8. The van der Waals surface area contributed by atoms with Crippen LogP contribution in [0.2, 0.25) is 0 Å². The van der Waals surface area contributed by atoms with Gasteiger partial charge >= 0.3 is 0 Å². The van der Waals surface area contributed by atoms with Crippen molar-refractivity contribution in [2.45, 2.75) is 46.3 Å². The molecule has 0 aliphatic carbocycles. The topological polar surface area (TPSA) is 76.9 Å². The Balaban J connectivity index is 0.00000139. The lowest BCUT2D eigenvalue weighted by Gasteiger charge is -2.13. The lowest BCUT2D eigenvalue weighted by molar-refractivity contribution is 0.279. The fourth-order valence-corrected chi connectivity index (χ4v) is 2.20. The van der Waals surface area contributed by atoms with Gasteiger partial charge in [0, 0.05) is 17.8 Å². The standard InChI is InChI=1S/C16H19FN4O.C2H6/c1-2-14(5-7-18)21-8-6-16(20-21)22-11-13-4-3-12(10-19)9-15(13)17;1-2/h3-4,6,8-9,14H,2,5,7,11,18H2,1H3;1-2H3. The van der Waals surface area contributed by atoms with E-state index in [2.05, 4.69) is 12.0 Å². The van der Waals surface area contributed by atoms with Crippen molar-refractivity contribution in [3.8, 4) is 11.9 Å². The minimum Gasteiger partial charge on any atom is -0.472 e. The van der Waals surface area contributed by atoms with Gasteiger partial charge in [-0.15, -0.1) is 5.10 Å². The fraction of sp³-hybridized carbons (Fsp3) is 0.444. The van der Waals surface area contributed by atoms with E-state index in [0.29, 0.717) is 18.0 Å². The molecule has 0 fully saturated rings. The minimum absolute atomic E-state index is 0.0717. The van der Waals surface area contributed by atoms with Crippen LogP contribution in [-0.2, 0) is 6.61 Å². The third-order valence-electron chi connectivity index (χ3n) is 3.49. The van der Waals surface area contributed by atoms with Gasteiger partial charge in [0.1, 0.15) is 12.4 Å². The highest BCUT2D eigenvalue weighted by molar-refractivity contribution is 5.32. The molecule has 0 bridgehead atoms. The summed E-state index contributed by atoms with van der Waals surface area (Å²) in [6.07, 6.45) is 3.62. The second kappa shape index (κ2) is 10.4. The van der Waals surface area contributed by atoms with Crippen molar-refractivity contribution in [1.82, 2.24) is 9.78 Å². The van der Waals surface area contributed by atoms with Crippen LogP contribution in [0.3, 0.4) is 0 Å². The van der Waals surface area contributed by atoms with Crippen LogP contribution in [0.4, 0.5) is 4.39 Å². The van der Waals surface area contributed by atoms with Crippen LogP contribution in [-0.4, -0.2) is 16.3 Å². The Kier molecular flexibility index (Phi) is 8.52. The van der Waals surface area contributed by atoms with Gasteiger partial charge in [-0.25, -0.2) is 4.39 Å². The molecule has 130 valence electrons. The number of hydrogen-bond donors (Lipinski definition) is 1. The van der Waals surface area contributed by atoms with Gasteiger partial charge < -0.3 is 10.5 Å². The first-order chi connectivity index (χ1) is 11.7. The van der Waals surface area contributed by atoms with Gasteiger partial charge in [0.05, 0.1) is 17.7 Å². The van der Waals surface area contributed by atoms with Crippen molar-refractivity contribution in [2.75, 3.05) is 6.54 Å². The number of halogens is 1. The summed E-state index contributed by atoms with van der Waals surface area (Å²) in [6, 6.07) is 8.21. The molecule has 0 radical (unpaired) electrons. The first kappa shape index (κ1) is 19.7. The number of rotatable bonds is 7. The summed E-state index contributed by atoms with van der Waals surface area (Å²) in [5.74, 6) is -0.00715. The summed E-state index contributed by atoms with van der Waals surface area (Å²) >= 11 is 0. The van der Waals surface area contributed by atoms with E-state index >= 15 is 0 Å². The molecule has 1 aromatic heterocycles. The quantitative estimate of drug-likeness (QED) is 0.836. The molecule has 1 aromatic carbocycles. The lowest BCUT2D eigenvalue weighted by atomic mass is 10.1. The van der Waals surface area contributed by atoms with Gasteiger partial charge in [-0.3, -0.25) is 4.68 Å². The van der Waals surface area contributed by atoms with Crippen molar-refractivity contribution in [2.24, 2.45) is 5.73 Å². The van der Waals surface area contributed by atoms with Crippen molar-refractivity contribution in [1.29, 1.82) is 5.26 Å². The maximum Gasteiger partial charge on any atom is 0.233 e. The Morgan fingerprint density at radius 2 is 2.12 bits per heavy atom. The molecule has 2 N–H and O–H groups in total. The van der Waals surface area contributed by atoms with E-state index in [9.17, 15) is 4.39 Å². The average Bonchev–Trinajstić information content (AvgIpc) is 3.09. The molecule has 0 saturated heterocycles. The van der Waals surface area contributed by atoms with E-state index in [0.717, 1.165) is 12.8 Å². The molecule has 0 amide bonds. The SMILES string of the molecule is CC.CCC(CCN)n1ccc(OCc2ccc(C#N)cc2F)n1. The molecular weight excluding hydrogens is 307 g/mol. The van der Waals surface area contributed by atoms with Crippen LogP contribution in [0.1, 0.15) is 50.8 Å². The summed E-state index contributed by atoms with van der Waals surface area (Å²) in [5.41, 5.74) is 6.27. The Morgan fingerprint density at radius 3 is 2.71 bits per heavy atom. The summed E-state index contributed by atoms with van der Waals surface area (Å²) < 4.78 is 21.1. The smallest absolute Gasteiger partial charge is 0.233 e. The van der Waals surface area contributed by atoms with E-state index in [1.807, 2.05) is 30.8 Å². The van der Waals surface area contributed by atoms with Crippen molar-refractivity contribution >= 4 is 0 Å². The Bertz CT molecular complexity index is 663. The number of hydrogen-bond acceptors (Lipinski definition) is 4. The number of nitriles is 1. The largest absolute Gasteiger partial charge is 0.472 e. The number of nitrogens with two attached hydrogens (primary N) is 1. The average molecular weight is 332 g/mol. The highest BCUT2D eigenvalue weighted by Crippen LogP contribution is 2.18. The number of benzene rings is 1. The molecular formula is C18H25FN4O. The number of nitrogens with zero attached hydrogens (tertiary/aromatic N) is 3. The highest BCUT2D eigenvalue weighted by Gasteiger charge is 2.11. The molecule has 5 nitrogen and oxygen atoms in total. The molecule has 2 aromatic rings. The van der Waals surface area contributed by atoms with Crippen LogP contribution in [0, 0.1) is 17.1 Å². The fourth-order valence-electron chi connectivity index (χ4n) is 2.20. The zero-order valence-corrected chi connectivity index (χ0v) is 14.5. The summed E-state index contributed by atoms with van der Waals surface area (Å²) in [6.45, 7) is 6.75. The van der Waals surface area contributed by atoms with Gasteiger partial charge in [0.15, 0.2) is 0 Å². The predicted octanol–water partition coefficient (Wildman–Crippen LogP) is 3.80. The molecule has 24 heavy (non-hydrogen) atoms. The van der Waals surface area contributed by atoms with Crippen LogP contribution in [0.15, 0.2) is 30.5 Å². The number of ether oxygens (including phenoxy) is 1. The lowest BCUT2D eigenvalue weighted by Crippen LogP contribution is -2.14. The van der Waals surface area contributed by atoms with Crippen molar-refractivity contribution in [3.05, 3.63) is 47.4 Å². The minimum atomic E-state index is -0.451. The molecule has 1 atom stereocenters. The molecule has 1 heterocycles. The van der Waals surface area contributed by atoms with Crippen LogP contribution in [0.5, 0.6) is 5.88 Å². The summed E-state index contributed by atoms with van der Waals surface area (Å²) in [7, 11) is 0. The Labute approximate surface area is 142 Å². The van der Waals surface area contributed by atoms with E-state index in [1.54, 1.807) is 18.2 Å². The Morgan fingerprint density at radius 1 is 1.38 bits per heavy atom. The van der Waals surface area contributed by atoms with E-state index < -0.39 is 5.82 Å². The second-order valence-electron chi connectivity index (χ2n) is 4.98. The van der Waals surface area contributed by atoms with Crippen LogP contribution in [0.25, 0.3) is 0 Å². The van der Waals surface area contributed by atoms with Gasteiger partial charge in [-0.05, 0) is 31.5 Å². The first-order valence-electron chi connectivity index (χ1n) is 8.24. The molecule has 0 saturated carbocycles. The Hall–Kier alpha value is -2.39. The zero-order valence-electron chi connectivity index (χ0n) is 14.5. The molecule has 0 spiro atoms. The number of aromatic nitrogens is 2. The van der Waals surface area contributed by atoms with Crippen molar-refractivity contribution in [3.63, 3.8) is 0 Å². The molecule has 0 aliphatic heterocycles. The van der Waals surface area contributed by atoms with E-state index in [-0.39, 0.29) is 18.2 Å². The third kappa shape index (κ3) is 5.36. The van der Waals surface area contributed by atoms with Gasteiger partial charge in [-0.1, -0.05) is 26.8 Å². The molecule has 0 aliphatic rings. The maximum atomic E-state index is 13.8. The highest BCUT2D eigenvalue weighted by atomic mass is 19.1. The second-order valence-corrected chi connectivity index (χ2v) is 4.98. The van der Waals surface area contributed by atoms with Gasteiger partial charge in [0.2, 0.25) is 5.88 Å². The third-order valence-corrected chi connectivity index (χ3v) is 3.49. The first-order valence-corrected chi connectivity index (χ1v) is 8.24. The van der Waals surface area contributed by atoms with E-state index in [4.69, 9.17) is 15.7 Å². The van der Waals surface area contributed by atoms with Crippen LogP contribution >= 0.6 is 0 Å². The zero-order chi connectivity index (χ0) is 17.9. The molecule has 2 rings (SSSR count). The van der Waals surface area contributed by atoms with Gasteiger partial charge in [0.25, 0.3) is 0 Å². The molecule has 1 unspecified atom stereocenters. The van der Waals surface area contributed by atoms with Crippen LogP contribution < -0.4 is 10.5 Å². The van der Waals surface area contributed by atoms with Crippen molar-refractivity contribution < 1.29 is 9.13 Å². The summed E-state index contributed by atoms with van der Waals surface area (Å²) in [4.78, 5) is 0. The van der Waals surface area contributed by atoms with E-state index in [1.165, 1.54) is 6.07 Å². The normalized spacial score (nSPS) is 11.2. The summed E-state index contributed by atoms with van der Waals surface area (Å²) in [5, 5.41) is 13.1.